The highest BCUT2D eigenvalue weighted by Gasteiger charge is 2.19. The Morgan fingerprint density at radius 1 is 0.266 bits per heavy atom. The Hall–Kier alpha value is -10.3. The van der Waals surface area contributed by atoms with Crippen LogP contribution in [0.2, 0.25) is 0 Å². The molecule has 0 radical (unpaired) electrons. The number of aromatic nitrogens is 4. The molecular weight excluding hydrogens is 957 g/mol. The fraction of sp³-hybridized carbons (Fsp3) is 0.0267. The summed E-state index contributed by atoms with van der Waals surface area (Å²) in [5.74, 6) is 0. The van der Waals surface area contributed by atoms with Gasteiger partial charge in [-0.25, -0.2) is 4.98 Å². The first-order valence-corrected chi connectivity index (χ1v) is 27.0. The predicted molar refractivity (Wildman–Crippen MR) is 330 cm³/mol. The van der Waals surface area contributed by atoms with Crippen molar-refractivity contribution in [1.29, 1.82) is 0 Å². The molecule has 0 unspecified atom stereocenters. The Morgan fingerprint density at radius 2 is 0.709 bits per heavy atom. The van der Waals surface area contributed by atoms with Crippen LogP contribution in [-0.2, 0) is 0 Å². The van der Waals surface area contributed by atoms with Gasteiger partial charge in [0.2, 0.25) is 0 Å². The lowest BCUT2D eigenvalue weighted by molar-refractivity contribution is 1.14. The molecule has 0 atom stereocenters. The van der Waals surface area contributed by atoms with E-state index in [2.05, 4.69) is 278 Å². The van der Waals surface area contributed by atoms with Crippen LogP contribution in [0.5, 0.6) is 0 Å². The SMILES string of the molecule is Cc1nc2c3ccc(-c4ccccc4-c4cc(-c5ccccc5-c5ccc(-c6ccccn6)cc5)cc(-c5ccccc5-c5ccc(-c6cc(-c7ccc(-c8ccccc8)cc7)ccn6)cc5)c4)cc3c3ccccc3n2c1C. The summed E-state index contributed by atoms with van der Waals surface area (Å²) in [6, 6.07) is 96.6. The third kappa shape index (κ3) is 8.76. The van der Waals surface area contributed by atoms with Crippen LogP contribution < -0.4 is 0 Å². The normalized spacial score (nSPS) is 11.4. The van der Waals surface area contributed by atoms with Gasteiger partial charge in [0.05, 0.1) is 22.6 Å². The highest BCUT2D eigenvalue weighted by atomic mass is 15.0. The molecule has 0 fully saturated rings. The fourth-order valence-electron chi connectivity index (χ4n) is 11.6. The lowest BCUT2D eigenvalue weighted by Gasteiger charge is -2.18. The van der Waals surface area contributed by atoms with Crippen molar-refractivity contribution < 1.29 is 0 Å². The number of para-hydroxylation sites is 1. The van der Waals surface area contributed by atoms with Crippen molar-refractivity contribution in [2.75, 3.05) is 0 Å². The summed E-state index contributed by atoms with van der Waals surface area (Å²) in [5, 5.41) is 3.54. The molecule has 14 aromatic rings. The predicted octanol–water partition coefficient (Wildman–Crippen LogP) is 19.7. The molecule has 4 heteroatoms. The van der Waals surface area contributed by atoms with E-state index in [-0.39, 0.29) is 0 Å². The van der Waals surface area contributed by atoms with Crippen LogP contribution in [-0.4, -0.2) is 19.4 Å². The minimum Gasteiger partial charge on any atom is -0.296 e. The molecule has 0 saturated carbocycles. The molecule has 4 aromatic heterocycles. The minimum absolute atomic E-state index is 0.935. The number of fused-ring (bicyclic) bond motifs is 6. The minimum atomic E-state index is 0.935. The first-order chi connectivity index (χ1) is 39.0. The number of rotatable bonds is 10. The van der Waals surface area contributed by atoms with E-state index in [1.165, 1.54) is 27.6 Å². The van der Waals surface area contributed by atoms with Crippen LogP contribution in [0.15, 0.2) is 279 Å². The van der Waals surface area contributed by atoms with Gasteiger partial charge in [0.25, 0.3) is 0 Å². The Morgan fingerprint density at radius 3 is 1.29 bits per heavy atom. The maximum atomic E-state index is 5.11. The maximum absolute atomic E-state index is 5.11. The average molecular weight is 1010 g/mol. The zero-order valence-electron chi connectivity index (χ0n) is 43.8. The summed E-state index contributed by atoms with van der Waals surface area (Å²) >= 11 is 0. The number of hydrogen-bond acceptors (Lipinski definition) is 3. The van der Waals surface area contributed by atoms with Crippen LogP contribution >= 0.6 is 0 Å². The quantitative estimate of drug-likeness (QED) is 0.128. The number of nitrogens with zero attached hydrogens (tertiary/aromatic N) is 4. The van der Waals surface area contributed by atoms with E-state index < -0.39 is 0 Å². The van der Waals surface area contributed by atoms with Gasteiger partial charge in [-0.05, 0) is 169 Å². The highest BCUT2D eigenvalue weighted by molar-refractivity contribution is 6.13. The molecule has 0 aliphatic rings. The van der Waals surface area contributed by atoms with Gasteiger partial charge in [-0.15, -0.1) is 0 Å². The van der Waals surface area contributed by atoms with Gasteiger partial charge in [0.15, 0.2) is 0 Å². The molecule has 0 aliphatic heterocycles. The molecule has 4 heterocycles. The summed E-state index contributed by atoms with van der Waals surface area (Å²) in [5.41, 5.74) is 26.9. The first kappa shape index (κ1) is 47.2. The lowest BCUT2D eigenvalue weighted by atomic mass is 9.86. The molecule has 0 saturated heterocycles. The van der Waals surface area contributed by atoms with Crippen molar-refractivity contribution >= 4 is 27.3 Å². The van der Waals surface area contributed by atoms with Crippen LogP contribution in [0.3, 0.4) is 0 Å². The molecule has 0 amide bonds. The van der Waals surface area contributed by atoms with E-state index in [1.807, 2.05) is 24.5 Å². The summed E-state index contributed by atoms with van der Waals surface area (Å²) in [6.45, 7) is 4.27. The molecule has 10 aromatic carbocycles. The van der Waals surface area contributed by atoms with Crippen molar-refractivity contribution in [2.24, 2.45) is 0 Å². The monoisotopic (exact) mass is 1010 g/mol. The Balaban J connectivity index is 0.884. The third-order valence-corrected chi connectivity index (χ3v) is 15.7. The fourth-order valence-corrected chi connectivity index (χ4v) is 11.6. The van der Waals surface area contributed by atoms with E-state index in [1.54, 1.807) is 0 Å². The Bertz CT molecular complexity index is 4580. The van der Waals surface area contributed by atoms with Gasteiger partial charge in [0.1, 0.15) is 5.65 Å². The molecule has 0 aliphatic carbocycles. The van der Waals surface area contributed by atoms with E-state index in [0.29, 0.717) is 0 Å². The van der Waals surface area contributed by atoms with Gasteiger partial charge >= 0.3 is 0 Å². The van der Waals surface area contributed by atoms with Crippen molar-refractivity contribution in [3.05, 3.63) is 291 Å². The number of benzene rings is 10. The zero-order valence-corrected chi connectivity index (χ0v) is 43.8. The van der Waals surface area contributed by atoms with Gasteiger partial charge < -0.3 is 0 Å². The smallest absolute Gasteiger partial charge is 0.145 e. The standard InChI is InChI=1S/C75H52N4/c1-49-50(2)79-74-26-13-12-24-69(74)71-47-59(39-40-70(71)75(79)78-49)65-20-8-11-23-68(65)62-45-60(66-21-9-6-18-63(66)54-31-35-56(36-32-54)72-25-14-15-42-76-72)44-61(46-62)67-22-10-7-19-64(67)55-33-37-57(38-34-55)73-48-58(41-43-77-73)53-29-27-52(28-30-53)51-16-4-3-5-17-51/h3-48H,1-2H3. The number of pyridine rings is 3. The topological polar surface area (TPSA) is 43.1 Å². The molecular formula is C75H52N4. The van der Waals surface area contributed by atoms with E-state index in [4.69, 9.17) is 9.97 Å². The first-order valence-electron chi connectivity index (χ1n) is 27.0. The molecule has 0 N–H and O–H groups in total. The zero-order chi connectivity index (χ0) is 52.8. The number of hydrogen-bond donors (Lipinski definition) is 0. The van der Waals surface area contributed by atoms with Crippen LogP contribution in [0, 0.1) is 13.8 Å². The number of aryl methyl sites for hydroxylation is 2. The average Bonchev–Trinajstić information content (AvgIpc) is 4.09. The molecule has 14 rings (SSSR count). The largest absolute Gasteiger partial charge is 0.296 e. The summed E-state index contributed by atoms with van der Waals surface area (Å²) in [4.78, 5) is 14.6. The molecule has 0 spiro atoms. The van der Waals surface area contributed by atoms with Gasteiger partial charge in [-0.2, -0.15) is 0 Å². The number of imidazole rings is 1. The van der Waals surface area contributed by atoms with Crippen molar-refractivity contribution in [3.8, 4) is 112 Å². The summed E-state index contributed by atoms with van der Waals surface area (Å²) in [6.07, 6.45) is 3.76. The van der Waals surface area contributed by atoms with Crippen LogP contribution in [0.4, 0.5) is 0 Å². The van der Waals surface area contributed by atoms with Crippen LogP contribution in [0.25, 0.3) is 139 Å². The molecule has 0 bridgehead atoms. The van der Waals surface area contributed by atoms with Gasteiger partial charge in [0, 0.05) is 40.0 Å². The summed E-state index contributed by atoms with van der Waals surface area (Å²) < 4.78 is 2.32. The van der Waals surface area contributed by atoms with Crippen molar-refractivity contribution in [1.82, 2.24) is 19.4 Å². The second-order valence-electron chi connectivity index (χ2n) is 20.4. The lowest BCUT2D eigenvalue weighted by Crippen LogP contribution is -1.94. The molecule has 4 nitrogen and oxygen atoms in total. The Kier molecular flexibility index (Phi) is 12.0. The van der Waals surface area contributed by atoms with Crippen molar-refractivity contribution in [3.63, 3.8) is 0 Å². The van der Waals surface area contributed by atoms with Gasteiger partial charge in [-0.1, -0.05) is 206 Å². The second-order valence-corrected chi connectivity index (χ2v) is 20.4. The van der Waals surface area contributed by atoms with Crippen LogP contribution in [0.1, 0.15) is 11.4 Å². The molecule has 372 valence electrons. The Labute approximate surface area is 460 Å². The van der Waals surface area contributed by atoms with E-state index in [0.717, 1.165) is 123 Å². The molecule has 79 heavy (non-hydrogen) atoms. The second kappa shape index (κ2) is 20.0. The highest BCUT2D eigenvalue weighted by Crippen LogP contribution is 2.44. The van der Waals surface area contributed by atoms with E-state index in [9.17, 15) is 0 Å². The third-order valence-electron chi connectivity index (χ3n) is 15.7. The van der Waals surface area contributed by atoms with E-state index >= 15 is 0 Å². The summed E-state index contributed by atoms with van der Waals surface area (Å²) in [7, 11) is 0. The van der Waals surface area contributed by atoms with Gasteiger partial charge in [-0.3, -0.25) is 14.4 Å². The van der Waals surface area contributed by atoms with Crippen molar-refractivity contribution in [2.45, 2.75) is 13.8 Å². The maximum Gasteiger partial charge on any atom is 0.145 e.